The van der Waals surface area contributed by atoms with Crippen LogP contribution in [-0.4, -0.2) is 30.4 Å². The highest BCUT2D eigenvalue weighted by molar-refractivity contribution is 7.20. The minimum absolute atomic E-state index is 0.150. The average molecular weight is 571 g/mol. The summed E-state index contributed by atoms with van der Waals surface area (Å²) in [6.45, 7) is 1.76. The molecule has 0 spiro atoms. The van der Waals surface area contributed by atoms with Gasteiger partial charge in [-0.1, -0.05) is 18.2 Å². The second-order valence-corrected chi connectivity index (χ2v) is 10.6. The monoisotopic (exact) mass is 570 g/mol. The lowest BCUT2D eigenvalue weighted by molar-refractivity contribution is 0.0702. The summed E-state index contributed by atoms with van der Waals surface area (Å²) in [7, 11) is 0. The summed E-state index contributed by atoms with van der Waals surface area (Å²) in [5.74, 6) is -0.633. The van der Waals surface area contributed by atoms with Crippen molar-refractivity contribution in [2.24, 2.45) is 0 Å². The van der Waals surface area contributed by atoms with Gasteiger partial charge in [0.05, 0.1) is 16.3 Å². The molecule has 4 aromatic heterocycles. The molecule has 10 heteroatoms. The minimum Gasteiger partial charge on any atom is -0.508 e. The number of phenols is 1. The maximum Gasteiger partial charge on any atom is 0.345 e. The standard InChI is InChI=1S/C16H13NO3S.C14H9NO3S/c1-2-13(19)14-9-10-3-8-15(20)17(16(10)21-14)11-4-6-12(18)7-5-11;16-12-7-6-9-8-11(14(17)18)19-13(9)15(12)10-4-2-1-3-5-10/h2-9,18-19H,1H3;1-8H,(H,17,18)/b13-2+;. The quantitative estimate of drug-likeness (QED) is 0.210. The number of carboxylic acid groups (broad SMARTS) is 1. The Morgan fingerprint density at radius 1 is 0.700 bits per heavy atom. The second kappa shape index (κ2) is 11.0. The number of hydrogen-bond acceptors (Lipinski definition) is 7. The lowest BCUT2D eigenvalue weighted by atomic mass is 10.2. The van der Waals surface area contributed by atoms with Gasteiger partial charge in [-0.25, -0.2) is 4.79 Å². The average Bonchev–Trinajstić information content (AvgIpc) is 3.59. The number of allylic oxidation sites excluding steroid dienone is 1. The van der Waals surface area contributed by atoms with Crippen LogP contribution in [0, 0.1) is 0 Å². The zero-order valence-electron chi connectivity index (χ0n) is 21.0. The predicted molar refractivity (Wildman–Crippen MR) is 160 cm³/mol. The van der Waals surface area contributed by atoms with Gasteiger partial charge in [0, 0.05) is 22.9 Å². The van der Waals surface area contributed by atoms with Crippen LogP contribution < -0.4 is 11.1 Å². The Kier molecular flexibility index (Phi) is 7.37. The normalized spacial score (nSPS) is 11.4. The fourth-order valence-corrected chi connectivity index (χ4v) is 6.25. The first kappa shape index (κ1) is 26.7. The number of thiophene rings is 2. The topological polar surface area (TPSA) is 122 Å². The molecule has 8 nitrogen and oxygen atoms in total. The molecule has 0 saturated carbocycles. The summed E-state index contributed by atoms with van der Waals surface area (Å²) in [4.78, 5) is 37.6. The summed E-state index contributed by atoms with van der Waals surface area (Å²) in [6.07, 6.45) is 1.62. The van der Waals surface area contributed by atoms with Crippen LogP contribution in [0.4, 0.5) is 0 Å². The number of rotatable bonds is 4. The number of carboxylic acids is 1. The third-order valence-corrected chi connectivity index (χ3v) is 8.28. The molecule has 0 aliphatic rings. The number of aromatic carboxylic acids is 1. The van der Waals surface area contributed by atoms with E-state index in [4.69, 9.17) is 5.11 Å². The number of phenolic OH excluding ortho intramolecular Hbond substituents is 1. The molecule has 0 amide bonds. The van der Waals surface area contributed by atoms with Crippen molar-refractivity contribution >= 4 is 54.8 Å². The molecule has 0 aliphatic carbocycles. The van der Waals surface area contributed by atoms with Crippen LogP contribution in [0.3, 0.4) is 0 Å². The van der Waals surface area contributed by atoms with Gasteiger partial charge in [0.25, 0.3) is 11.1 Å². The number of nitrogens with zero attached hydrogens (tertiary/aromatic N) is 2. The Labute approximate surface area is 235 Å². The van der Waals surface area contributed by atoms with Gasteiger partial charge in [-0.05, 0) is 73.7 Å². The van der Waals surface area contributed by atoms with E-state index in [0.29, 0.717) is 15.4 Å². The van der Waals surface area contributed by atoms with Crippen molar-refractivity contribution in [3.05, 3.63) is 128 Å². The van der Waals surface area contributed by atoms with E-state index in [-0.39, 0.29) is 27.5 Å². The van der Waals surface area contributed by atoms with Crippen molar-refractivity contribution in [3.63, 3.8) is 0 Å². The fourth-order valence-electron chi connectivity index (χ4n) is 4.09. The van der Waals surface area contributed by atoms with E-state index in [1.165, 1.54) is 28.0 Å². The number of aromatic nitrogens is 2. The number of pyridine rings is 2. The first-order chi connectivity index (χ1) is 19.3. The summed E-state index contributed by atoms with van der Waals surface area (Å²) in [6, 6.07) is 25.4. The van der Waals surface area contributed by atoms with E-state index in [2.05, 4.69) is 0 Å². The van der Waals surface area contributed by atoms with Crippen LogP contribution in [0.15, 0.2) is 107 Å². The highest BCUT2D eigenvalue weighted by Crippen LogP contribution is 2.30. The van der Waals surface area contributed by atoms with Crippen LogP contribution in [0.25, 0.3) is 37.6 Å². The molecule has 2 aromatic carbocycles. The molecule has 0 atom stereocenters. The lowest BCUT2D eigenvalue weighted by Crippen LogP contribution is -2.16. The molecule has 6 rings (SSSR count). The Morgan fingerprint density at radius 3 is 1.73 bits per heavy atom. The van der Waals surface area contributed by atoms with Gasteiger partial charge in [0.1, 0.15) is 26.0 Å². The fraction of sp³-hybridized carbons (Fsp3) is 0.0333. The summed E-state index contributed by atoms with van der Waals surface area (Å²) in [5.41, 5.74) is 1.09. The second-order valence-electron chi connectivity index (χ2n) is 8.59. The zero-order valence-corrected chi connectivity index (χ0v) is 22.6. The van der Waals surface area contributed by atoms with Crippen molar-refractivity contribution < 1.29 is 20.1 Å². The van der Waals surface area contributed by atoms with Crippen LogP contribution in [-0.2, 0) is 0 Å². The Morgan fingerprint density at radius 2 is 1.20 bits per heavy atom. The first-order valence-electron chi connectivity index (χ1n) is 12.0. The number of aliphatic hydroxyl groups is 1. The molecular formula is C30H22N2O6S2. The maximum atomic E-state index is 12.2. The van der Waals surface area contributed by atoms with Gasteiger partial charge >= 0.3 is 5.97 Å². The molecule has 40 heavy (non-hydrogen) atoms. The van der Waals surface area contributed by atoms with E-state index in [0.717, 1.165) is 32.6 Å². The van der Waals surface area contributed by atoms with Crippen molar-refractivity contribution in [2.75, 3.05) is 0 Å². The molecule has 0 unspecified atom stereocenters. The van der Waals surface area contributed by atoms with E-state index < -0.39 is 5.97 Å². The molecule has 3 N–H and O–H groups in total. The van der Waals surface area contributed by atoms with Crippen molar-refractivity contribution in [3.8, 4) is 17.1 Å². The molecule has 6 aromatic rings. The highest BCUT2D eigenvalue weighted by Gasteiger charge is 2.13. The Bertz CT molecular complexity index is 2000. The van der Waals surface area contributed by atoms with E-state index >= 15 is 0 Å². The molecule has 0 saturated heterocycles. The molecular weight excluding hydrogens is 548 g/mol. The molecule has 4 heterocycles. The Balaban J connectivity index is 0.000000162. The van der Waals surface area contributed by atoms with Crippen LogP contribution in [0.1, 0.15) is 21.5 Å². The van der Waals surface area contributed by atoms with Crippen LogP contribution in [0.5, 0.6) is 5.75 Å². The number of aliphatic hydroxyl groups excluding tert-OH is 1. The van der Waals surface area contributed by atoms with Crippen molar-refractivity contribution in [1.82, 2.24) is 9.13 Å². The van der Waals surface area contributed by atoms with E-state index in [1.807, 2.05) is 36.4 Å². The lowest BCUT2D eigenvalue weighted by Gasteiger charge is -2.06. The summed E-state index contributed by atoms with van der Waals surface area (Å²) >= 11 is 2.46. The van der Waals surface area contributed by atoms with Gasteiger partial charge in [-0.2, -0.15) is 0 Å². The highest BCUT2D eigenvalue weighted by atomic mass is 32.1. The number of hydrogen-bond donors (Lipinski definition) is 3. The number of carbonyl (C=O) groups is 1. The maximum absolute atomic E-state index is 12.2. The zero-order chi connectivity index (χ0) is 28.4. The number of benzene rings is 2. The van der Waals surface area contributed by atoms with Crippen molar-refractivity contribution in [2.45, 2.75) is 6.92 Å². The molecule has 0 aliphatic heterocycles. The van der Waals surface area contributed by atoms with Gasteiger partial charge < -0.3 is 15.3 Å². The largest absolute Gasteiger partial charge is 0.508 e. The van der Waals surface area contributed by atoms with Crippen LogP contribution >= 0.6 is 22.7 Å². The summed E-state index contributed by atoms with van der Waals surface area (Å²) < 4.78 is 3.11. The van der Waals surface area contributed by atoms with Gasteiger partial charge in [-0.15, -0.1) is 22.7 Å². The molecule has 0 bridgehead atoms. The summed E-state index contributed by atoms with van der Waals surface area (Å²) in [5, 5.41) is 29.9. The van der Waals surface area contributed by atoms with E-state index in [9.17, 15) is 24.6 Å². The number of aromatic hydroxyl groups is 1. The first-order valence-corrected chi connectivity index (χ1v) is 13.6. The third-order valence-electron chi connectivity index (χ3n) is 6.00. The van der Waals surface area contributed by atoms with Crippen LogP contribution in [0.2, 0.25) is 0 Å². The SMILES string of the molecule is C/C=C(/O)c1cc2ccc(=O)n(-c3ccc(O)cc3)c2s1.O=C(O)c1cc2ccc(=O)n(-c3ccccc3)c2s1. The number of fused-ring (bicyclic) bond motifs is 2. The molecule has 0 radical (unpaired) electrons. The smallest absolute Gasteiger partial charge is 0.345 e. The number of para-hydroxylation sites is 1. The van der Waals surface area contributed by atoms with E-state index in [1.54, 1.807) is 60.0 Å². The van der Waals surface area contributed by atoms with Crippen molar-refractivity contribution in [1.29, 1.82) is 0 Å². The van der Waals surface area contributed by atoms with Gasteiger partial charge in [-0.3, -0.25) is 18.7 Å². The Hall–Kier alpha value is -4.93. The molecule has 0 fully saturated rings. The predicted octanol–water partition coefficient (Wildman–Crippen LogP) is 6.43. The molecule has 200 valence electrons. The minimum atomic E-state index is -0.978. The van der Waals surface area contributed by atoms with Gasteiger partial charge in [0.2, 0.25) is 0 Å². The van der Waals surface area contributed by atoms with Gasteiger partial charge in [0.15, 0.2) is 0 Å². The third kappa shape index (κ3) is 5.18.